The van der Waals surface area contributed by atoms with E-state index in [1.165, 1.54) is 23.9 Å². The lowest BCUT2D eigenvalue weighted by molar-refractivity contribution is -0.384. The molecule has 0 bridgehead atoms. The number of nitrogens with one attached hydrogen (secondary N) is 1. The van der Waals surface area contributed by atoms with Gasteiger partial charge < -0.3 is 10.2 Å². The minimum atomic E-state index is -0.639. The highest BCUT2D eigenvalue weighted by Gasteiger charge is 2.26. The normalized spacial score (nSPS) is 11.8. The molecule has 0 saturated heterocycles. The van der Waals surface area contributed by atoms with Gasteiger partial charge in [0.25, 0.3) is 5.69 Å². The maximum absolute atomic E-state index is 13.1. The lowest BCUT2D eigenvalue weighted by Crippen LogP contribution is -2.48. The van der Waals surface area contributed by atoms with Crippen LogP contribution in [0.1, 0.15) is 31.9 Å². The van der Waals surface area contributed by atoms with Crippen molar-refractivity contribution in [1.29, 1.82) is 0 Å². The first-order valence-corrected chi connectivity index (χ1v) is 11.8. The molecule has 0 aromatic heterocycles. The highest BCUT2D eigenvalue weighted by Crippen LogP contribution is 2.19. The number of halogens is 1. The van der Waals surface area contributed by atoms with Crippen LogP contribution in [0.15, 0.2) is 48.5 Å². The Bertz CT molecular complexity index is 937. The lowest BCUT2D eigenvalue weighted by atomic mass is 10.1. The van der Waals surface area contributed by atoms with Crippen molar-refractivity contribution >= 4 is 40.9 Å². The zero-order valence-corrected chi connectivity index (χ0v) is 20.0. The Kier molecular flexibility index (Phi) is 9.99. The van der Waals surface area contributed by atoms with Gasteiger partial charge in [-0.15, -0.1) is 11.8 Å². The van der Waals surface area contributed by atoms with Gasteiger partial charge >= 0.3 is 0 Å². The van der Waals surface area contributed by atoms with Crippen molar-refractivity contribution in [1.82, 2.24) is 10.2 Å². The summed E-state index contributed by atoms with van der Waals surface area (Å²) in [6, 6.07) is 12.8. The van der Waals surface area contributed by atoms with Gasteiger partial charge in [-0.25, -0.2) is 0 Å². The molecule has 0 aliphatic rings. The molecule has 2 aromatic carbocycles. The number of amides is 2. The van der Waals surface area contributed by atoms with Gasteiger partial charge in [-0.3, -0.25) is 19.7 Å². The van der Waals surface area contributed by atoms with E-state index >= 15 is 0 Å². The monoisotopic (exact) mass is 477 g/mol. The molecule has 2 rings (SSSR count). The first kappa shape index (κ1) is 25.7. The van der Waals surface area contributed by atoms with Gasteiger partial charge in [0, 0.05) is 36.0 Å². The smallest absolute Gasteiger partial charge is 0.269 e. The Labute approximate surface area is 197 Å². The molecule has 0 saturated carbocycles. The summed E-state index contributed by atoms with van der Waals surface area (Å²) in [5, 5.41) is 14.2. The zero-order valence-electron chi connectivity index (χ0n) is 18.4. The Balaban J connectivity index is 2.04. The average Bonchev–Trinajstić information content (AvgIpc) is 2.75. The second-order valence-electron chi connectivity index (χ2n) is 7.88. The van der Waals surface area contributed by atoms with Crippen LogP contribution < -0.4 is 5.32 Å². The second-order valence-corrected chi connectivity index (χ2v) is 9.30. The van der Waals surface area contributed by atoms with Crippen LogP contribution >= 0.6 is 23.4 Å². The highest BCUT2D eigenvalue weighted by molar-refractivity contribution is 7.99. The van der Waals surface area contributed by atoms with Gasteiger partial charge in [0.1, 0.15) is 6.04 Å². The average molecular weight is 478 g/mol. The summed E-state index contributed by atoms with van der Waals surface area (Å²) in [7, 11) is 0. The standard InChI is InChI=1S/C23H28ClN3O4S/c1-16(2)12-25-23(29)17(3)26(13-19-5-4-6-20(24)11-19)22(28)15-32-14-18-7-9-21(10-8-18)27(30)31/h4-11,16-17H,12-15H2,1-3H3,(H,25,29)/t17-/m1/s1. The fraction of sp³-hybridized carbons (Fsp3) is 0.391. The van der Waals surface area contributed by atoms with Gasteiger partial charge in [-0.05, 0) is 36.1 Å². The molecule has 1 N–H and O–H groups in total. The van der Waals surface area contributed by atoms with Crippen LogP contribution in [0, 0.1) is 16.0 Å². The molecule has 32 heavy (non-hydrogen) atoms. The number of nitro groups is 1. The summed E-state index contributed by atoms with van der Waals surface area (Å²) in [6.07, 6.45) is 0. The topological polar surface area (TPSA) is 92.6 Å². The van der Waals surface area contributed by atoms with Crippen molar-refractivity contribution in [3.8, 4) is 0 Å². The number of hydrogen-bond acceptors (Lipinski definition) is 5. The van der Waals surface area contributed by atoms with Crippen molar-refractivity contribution in [2.75, 3.05) is 12.3 Å². The highest BCUT2D eigenvalue weighted by atomic mass is 35.5. The first-order chi connectivity index (χ1) is 15.2. The number of nitro benzene ring substituents is 1. The number of thioether (sulfide) groups is 1. The molecule has 0 spiro atoms. The number of benzene rings is 2. The maximum atomic E-state index is 13.1. The number of carbonyl (C=O) groups excluding carboxylic acids is 2. The number of rotatable bonds is 11. The molecule has 2 amide bonds. The molecule has 0 aliphatic heterocycles. The summed E-state index contributed by atoms with van der Waals surface area (Å²) in [4.78, 5) is 37.6. The van der Waals surface area contributed by atoms with E-state index in [9.17, 15) is 19.7 Å². The molecule has 2 aromatic rings. The Morgan fingerprint density at radius 2 is 1.81 bits per heavy atom. The number of nitrogens with zero attached hydrogens (tertiary/aromatic N) is 2. The van der Waals surface area contributed by atoms with Crippen LogP contribution in [0.5, 0.6) is 0 Å². The van der Waals surface area contributed by atoms with Crippen LogP contribution in [-0.2, 0) is 21.9 Å². The first-order valence-electron chi connectivity index (χ1n) is 10.3. The molecule has 9 heteroatoms. The third-order valence-electron chi connectivity index (χ3n) is 4.74. The van der Waals surface area contributed by atoms with Gasteiger partial charge in [-0.2, -0.15) is 0 Å². The van der Waals surface area contributed by atoms with Gasteiger partial charge in [0.15, 0.2) is 0 Å². The molecule has 0 fully saturated rings. The lowest BCUT2D eigenvalue weighted by Gasteiger charge is -2.29. The molecule has 0 unspecified atom stereocenters. The molecule has 0 aliphatic carbocycles. The number of non-ortho nitro benzene ring substituents is 1. The van der Waals surface area contributed by atoms with E-state index in [4.69, 9.17) is 11.6 Å². The minimum absolute atomic E-state index is 0.0313. The fourth-order valence-corrected chi connectivity index (χ4v) is 4.00. The maximum Gasteiger partial charge on any atom is 0.269 e. The summed E-state index contributed by atoms with van der Waals surface area (Å²) in [5.41, 5.74) is 1.76. The Morgan fingerprint density at radius 1 is 1.12 bits per heavy atom. The van der Waals surface area contributed by atoms with Crippen molar-refractivity contribution in [3.05, 3.63) is 74.8 Å². The molecule has 1 atom stereocenters. The Morgan fingerprint density at radius 3 is 2.41 bits per heavy atom. The van der Waals surface area contributed by atoms with Gasteiger partial charge in [0.2, 0.25) is 11.8 Å². The van der Waals surface area contributed by atoms with E-state index in [-0.39, 0.29) is 29.8 Å². The summed E-state index contributed by atoms with van der Waals surface area (Å²) >= 11 is 7.49. The van der Waals surface area contributed by atoms with E-state index in [2.05, 4.69) is 5.32 Å². The molecular weight excluding hydrogens is 450 g/mol. The van der Waals surface area contributed by atoms with Crippen LogP contribution in [0.4, 0.5) is 5.69 Å². The van der Waals surface area contributed by atoms with Crippen molar-refractivity contribution < 1.29 is 14.5 Å². The second kappa shape index (κ2) is 12.5. The van der Waals surface area contributed by atoms with Crippen LogP contribution in [-0.4, -0.2) is 40.0 Å². The van der Waals surface area contributed by atoms with Crippen molar-refractivity contribution in [2.24, 2.45) is 5.92 Å². The van der Waals surface area contributed by atoms with Crippen LogP contribution in [0.25, 0.3) is 0 Å². The van der Waals surface area contributed by atoms with E-state index < -0.39 is 11.0 Å². The van der Waals surface area contributed by atoms with Crippen LogP contribution in [0.3, 0.4) is 0 Å². The molecule has 0 radical (unpaired) electrons. The molecule has 0 heterocycles. The van der Waals surface area contributed by atoms with E-state index in [1.54, 1.807) is 36.1 Å². The number of carbonyl (C=O) groups is 2. The summed E-state index contributed by atoms with van der Waals surface area (Å²) in [6.45, 7) is 6.55. The van der Waals surface area contributed by atoms with Crippen LogP contribution in [0.2, 0.25) is 5.02 Å². The molecule has 7 nitrogen and oxygen atoms in total. The predicted octanol–water partition coefficient (Wildman–Crippen LogP) is 4.67. The number of hydrogen-bond donors (Lipinski definition) is 1. The third-order valence-corrected chi connectivity index (χ3v) is 5.96. The predicted molar refractivity (Wildman–Crippen MR) is 129 cm³/mol. The molecule has 172 valence electrons. The summed E-state index contributed by atoms with van der Waals surface area (Å²) < 4.78 is 0. The summed E-state index contributed by atoms with van der Waals surface area (Å²) in [5.74, 6) is 0.654. The quantitative estimate of drug-likeness (QED) is 0.375. The largest absolute Gasteiger partial charge is 0.354 e. The molecular formula is C23H28ClN3O4S. The van der Waals surface area contributed by atoms with Gasteiger partial charge in [-0.1, -0.05) is 49.7 Å². The van der Waals surface area contributed by atoms with Crippen molar-refractivity contribution in [3.63, 3.8) is 0 Å². The fourth-order valence-electron chi connectivity index (χ4n) is 2.92. The third kappa shape index (κ3) is 8.16. The van der Waals surface area contributed by atoms with E-state index in [0.29, 0.717) is 23.2 Å². The SMILES string of the molecule is CC(C)CNC(=O)[C@@H](C)N(Cc1cccc(Cl)c1)C(=O)CSCc1ccc([N+](=O)[O-])cc1. The van der Waals surface area contributed by atoms with Gasteiger partial charge in [0.05, 0.1) is 10.7 Å². The Hall–Kier alpha value is -2.58. The van der Waals surface area contributed by atoms with E-state index in [0.717, 1.165) is 11.1 Å². The van der Waals surface area contributed by atoms with E-state index in [1.807, 2.05) is 26.0 Å². The zero-order chi connectivity index (χ0) is 23.7. The van der Waals surface area contributed by atoms with Crippen molar-refractivity contribution in [2.45, 2.75) is 39.1 Å². The minimum Gasteiger partial charge on any atom is -0.354 e.